The van der Waals surface area contributed by atoms with Crippen LogP contribution < -0.4 is 25.6 Å². The number of imide groups is 2. The van der Waals surface area contributed by atoms with Crippen molar-refractivity contribution >= 4 is 52.4 Å². The maximum absolute atomic E-state index is 14.3. The molecule has 4 aromatic heterocycles. The summed E-state index contributed by atoms with van der Waals surface area (Å²) in [7, 11) is 2.06. The van der Waals surface area contributed by atoms with Gasteiger partial charge in [0.2, 0.25) is 17.7 Å². The fraction of sp³-hybridized carbons (Fsp3) is 0.444. The molecule has 3 aliphatic heterocycles. The highest BCUT2D eigenvalue weighted by Crippen LogP contribution is 2.36. The second-order valence-corrected chi connectivity index (χ2v) is 17.1. The van der Waals surface area contributed by atoms with Gasteiger partial charge in [0, 0.05) is 69.5 Å². The van der Waals surface area contributed by atoms with E-state index in [1.54, 1.807) is 35.3 Å². The standard InChI is InChI=1S/C45H50F2N12O7/c1-55(25-28-8-13-37(49-22-28)66-19-3-15-48-32-5-2-4-30-38(32)45(64)59(44(30)63)34-11-12-36(60)53-43(34)62)24-27-6-9-29(10-7-27)58-26-33(39(54-58)40(46)47)51-42(61)31-23-50-57-16-14-35(52-41(31)57)56-17-20-65-21-18-56/h2,4-5,8,13-14,16,22-23,26-27,29,34,40,48H,3,6-7,9-12,15,17-21,24-25H2,1H3,(H,51,61)(H,53,60,62). The molecule has 2 saturated heterocycles. The Balaban J connectivity index is 0.711. The Kier molecular flexibility index (Phi) is 13.0. The highest BCUT2D eigenvalue weighted by molar-refractivity contribution is 6.25. The van der Waals surface area contributed by atoms with Crippen LogP contribution >= 0.6 is 0 Å². The first-order chi connectivity index (χ1) is 32.0. The van der Waals surface area contributed by atoms with E-state index < -0.39 is 47.7 Å². The monoisotopic (exact) mass is 908 g/mol. The lowest BCUT2D eigenvalue weighted by Crippen LogP contribution is -2.54. The molecular formula is C45H50F2N12O7. The molecule has 1 aromatic carbocycles. The zero-order valence-electron chi connectivity index (χ0n) is 36.3. The van der Waals surface area contributed by atoms with Gasteiger partial charge < -0.3 is 29.9 Å². The lowest BCUT2D eigenvalue weighted by Gasteiger charge is -2.31. The third-order valence-corrected chi connectivity index (χ3v) is 12.5. The maximum Gasteiger partial charge on any atom is 0.284 e. The number of nitrogens with zero attached hydrogens (tertiary/aromatic N) is 9. The van der Waals surface area contributed by atoms with Crippen LogP contribution in [0.1, 0.15) is 99.7 Å². The summed E-state index contributed by atoms with van der Waals surface area (Å²) in [6, 6.07) is 9.44. The van der Waals surface area contributed by atoms with Crippen LogP contribution in [0.25, 0.3) is 5.65 Å². The summed E-state index contributed by atoms with van der Waals surface area (Å²) in [5, 5.41) is 16.6. The minimum Gasteiger partial charge on any atom is -0.478 e. The van der Waals surface area contributed by atoms with Gasteiger partial charge in [0.05, 0.1) is 48.9 Å². The van der Waals surface area contributed by atoms with E-state index in [1.165, 1.54) is 16.9 Å². The third kappa shape index (κ3) is 9.43. The van der Waals surface area contributed by atoms with Gasteiger partial charge in [-0.25, -0.2) is 23.3 Å². The lowest BCUT2D eigenvalue weighted by molar-refractivity contribution is -0.136. The number of pyridine rings is 1. The van der Waals surface area contributed by atoms with E-state index in [9.17, 15) is 32.8 Å². The van der Waals surface area contributed by atoms with E-state index >= 15 is 0 Å². The van der Waals surface area contributed by atoms with Crippen molar-refractivity contribution in [1.29, 1.82) is 0 Å². The Morgan fingerprint density at radius 1 is 1.00 bits per heavy atom. The summed E-state index contributed by atoms with van der Waals surface area (Å²) in [5.41, 5.74) is 1.91. The van der Waals surface area contributed by atoms with E-state index in [0.29, 0.717) is 81.4 Å². The molecule has 0 bridgehead atoms. The molecule has 0 radical (unpaired) electrons. The number of amides is 5. The number of benzene rings is 1. The van der Waals surface area contributed by atoms with Crippen LogP contribution in [0, 0.1) is 5.92 Å². The van der Waals surface area contributed by atoms with E-state index in [1.807, 2.05) is 18.2 Å². The predicted octanol–water partition coefficient (Wildman–Crippen LogP) is 4.49. The fourth-order valence-corrected chi connectivity index (χ4v) is 9.16. The number of aromatic nitrogens is 6. The summed E-state index contributed by atoms with van der Waals surface area (Å²) in [6.45, 7) is 4.80. The highest BCUT2D eigenvalue weighted by Gasteiger charge is 2.45. The Labute approximate surface area is 377 Å². The number of anilines is 3. The second kappa shape index (κ2) is 19.3. The number of halogens is 2. The molecule has 66 heavy (non-hydrogen) atoms. The summed E-state index contributed by atoms with van der Waals surface area (Å²) in [6.07, 6.45) is 7.53. The Morgan fingerprint density at radius 3 is 2.58 bits per heavy atom. The lowest BCUT2D eigenvalue weighted by atomic mass is 9.86. The molecule has 346 valence electrons. The van der Waals surface area contributed by atoms with Crippen LogP contribution in [-0.2, 0) is 20.9 Å². The van der Waals surface area contributed by atoms with Gasteiger partial charge in [-0.1, -0.05) is 12.1 Å². The van der Waals surface area contributed by atoms with Gasteiger partial charge in [0.25, 0.3) is 24.1 Å². The minimum atomic E-state index is -2.88. The van der Waals surface area contributed by atoms with E-state index in [4.69, 9.17) is 9.47 Å². The molecule has 5 amide bonds. The number of carbonyl (C=O) groups excluding carboxylic acids is 5. The number of fused-ring (bicyclic) bond motifs is 2. The fourth-order valence-electron chi connectivity index (χ4n) is 9.16. The Bertz CT molecular complexity index is 2620. The first kappa shape index (κ1) is 44.3. The number of piperidine rings is 1. The molecule has 1 aliphatic carbocycles. The molecular weight excluding hydrogens is 859 g/mol. The molecule has 1 saturated carbocycles. The van der Waals surface area contributed by atoms with E-state index in [2.05, 4.69) is 53.0 Å². The van der Waals surface area contributed by atoms with Crippen LogP contribution in [0.3, 0.4) is 0 Å². The zero-order valence-corrected chi connectivity index (χ0v) is 36.3. The second-order valence-electron chi connectivity index (χ2n) is 17.1. The van der Waals surface area contributed by atoms with Gasteiger partial charge in [0.15, 0.2) is 11.3 Å². The van der Waals surface area contributed by atoms with Crippen molar-refractivity contribution in [3.63, 3.8) is 0 Å². The number of carbonyl (C=O) groups is 5. The molecule has 21 heteroatoms. The van der Waals surface area contributed by atoms with Gasteiger partial charge >= 0.3 is 0 Å². The maximum atomic E-state index is 14.3. The normalized spacial score (nSPS) is 20.0. The SMILES string of the molecule is CN(Cc1ccc(OCCCNc2cccc3c2C(=O)N(C2CCC(=O)NC2=O)C3=O)nc1)CC1CCC(n2cc(NC(=O)c3cnn4ccc(N5CCOCC5)nc34)c(C(F)F)n2)CC1. The van der Waals surface area contributed by atoms with Gasteiger partial charge in [-0.3, -0.25) is 38.9 Å². The van der Waals surface area contributed by atoms with E-state index in [-0.39, 0.29) is 41.3 Å². The average Bonchev–Trinajstić information content (AvgIpc) is 4.01. The van der Waals surface area contributed by atoms with Crippen LogP contribution in [-0.4, -0.2) is 128 Å². The van der Waals surface area contributed by atoms with Crippen LogP contribution in [0.2, 0.25) is 0 Å². The number of rotatable bonds is 16. The van der Waals surface area contributed by atoms with Gasteiger partial charge in [-0.2, -0.15) is 10.2 Å². The van der Waals surface area contributed by atoms with Gasteiger partial charge in [0.1, 0.15) is 17.4 Å². The number of nitrogens with one attached hydrogen (secondary N) is 3. The van der Waals surface area contributed by atoms with Gasteiger partial charge in [-0.05, 0) is 75.3 Å². The molecule has 19 nitrogen and oxygen atoms in total. The number of morpholine rings is 1. The van der Waals surface area contributed by atoms with Crippen molar-refractivity contribution in [3.8, 4) is 5.88 Å². The number of hydrogen-bond donors (Lipinski definition) is 3. The molecule has 5 aromatic rings. The average molecular weight is 909 g/mol. The third-order valence-electron chi connectivity index (χ3n) is 12.5. The van der Waals surface area contributed by atoms with Gasteiger partial charge in [-0.15, -0.1) is 0 Å². The first-order valence-corrected chi connectivity index (χ1v) is 22.2. The largest absolute Gasteiger partial charge is 0.478 e. The molecule has 3 fully saturated rings. The predicted molar refractivity (Wildman–Crippen MR) is 234 cm³/mol. The van der Waals surface area contributed by atoms with E-state index in [0.717, 1.165) is 42.7 Å². The smallest absolute Gasteiger partial charge is 0.284 e. The number of ether oxygens (including phenoxy) is 2. The first-order valence-electron chi connectivity index (χ1n) is 22.2. The highest BCUT2D eigenvalue weighted by atomic mass is 19.3. The summed E-state index contributed by atoms with van der Waals surface area (Å²) in [5.74, 6) is -1.24. The molecule has 0 spiro atoms. The van der Waals surface area contributed by atoms with Crippen molar-refractivity contribution < 1.29 is 42.2 Å². The van der Waals surface area contributed by atoms with Crippen molar-refractivity contribution in [1.82, 2.24) is 44.5 Å². The number of alkyl halides is 2. The van der Waals surface area contributed by atoms with Crippen LogP contribution in [0.15, 0.2) is 61.2 Å². The molecule has 1 unspecified atom stereocenters. The van der Waals surface area contributed by atoms with Crippen molar-refractivity contribution in [2.45, 2.75) is 70.0 Å². The molecule has 1 atom stereocenters. The number of hydrogen-bond acceptors (Lipinski definition) is 14. The van der Waals surface area contributed by atoms with Crippen molar-refractivity contribution in [2.75, 3.05) is 68.6 Å². The summed E-state index contributed by atoms with van der Waals surface area (Å²) >= 11 is 0. The van der Waals surface area contributed by atoms with Crippen molar-refractivity contribution in [3.05, 3.63) is 89.1 Å². The molecule has 4 aliphatic rings. The molecule has 3 N–H and O–H groups in total. The van der Waals surface area contributed by atoms with Crippen LogP contribution in [0.4, 0.5) is 26.0 Å². The topological polar surface area (TPSA) is 211 Å². The quantitative estimate of drug-likeness (QED) is 0.0921. The Hall–Kier alpha value is -6.87. The summed E-state index contributed by atoms with van der Waals surface area (Å²) in [4.78, 5) is 78.4. The summed E-state index contributed by atoms with van der Waals surface area (Å²) < 4.78 is 42.9. The van der Waals surface area contributed by atoms with Crippen LogP contribution in [0.5, 0.6) is 5.88 Å². The van der Waals surface area contributed by atoms with Crippen molar-refractivity contribution in [2.24, 2.45) is 5.92 Å². The minimum absolute atomic E-state index is 0.0328. The molecule has 7 heterocycles. The zero-order chi connectivity index (χ0) is 45.9. The molecule has 9 rings (SSSR count). The Morgan fingerprint density at radius 2 is 1.82 bits per heavy atom.